The lowest BCUT2D eigenvalue weighted by Gasteiger charge is -2.37. The molecule has 122 valence electrons. The molecule has 0 aromatic heterocycles. The van der Waals surface area contributed by atoms with Crippen molar-refractivity contribution in [2.75, 3.05) is 20.7 Å². The number of hydrogen-bond donors (Lipinski definition) is 0. The Labute approximate surface area is 144 Å². The first kappa shape index (κ1) is 16.4. The zero-order chi connectivity index (χ0) is 15.1. The summed E-state index contributed by atoms with van der Waals surface area (Å²) in [6.45, 7) is 1.22. The Kier molecular flexibility index (Phi) is 4.65. The van der Waals surface area contributed by atoms with Crippen LogP contribution in [0.1, 0.15) is 41.4 Å². The molecule has 1 saturated heterocycles. The van der Waals surface area contributed by atoms with E-state index in [1.54, 1.807) is 12.7 Å². The Bertz CT molecular complexity index is 670. The summed E-state index contributed by atoms with van der Waals surface area (Å²) in [5.74, 6) is 2.16. The van der Waals surface area contributed by atoms with Crippen LogP contribution >= 0.6 is 12.4 Å². The van der Waals surface area contributed by atoms with Gasteiger partial charge in [0.2, 0.25) is 0 Å². The second-order valence-corrected chi connectivity index (χ2v) is 6.63. The van der Waals surface area contributed by atoms with E-state index in [1.807, 2.05) is 0 Å². The van der Waals surface area contributed by atoms with Crippen molar-refractivity contribution in [3.8, 4) is 5.75 Å². The highest BCUT2D eigenvalue weighted by atomic mass is 35.5. The predicted octanol–water partition coefficient (Wildman–Crippen LogP) is 4.44. The fraction of sp³-hybridized carbons (Fsp3) is 0.400. The van der Waals surface area contributed by atoms with Crippen molar-refractivity contribution in [1.82, 2.24) is 4.90 Å². The summed E-state index contributed by atoms with van der Waals surface area (Å²) in [7, 11) is 4.01. The lowest BCUT2D eigenvalue weighted by Crippen LogP contribution is -2.34. The number of rotatable bonds is 2. The van der Waals surface area contributed by atoms with E-state index in [2.05, 4.69) is 60.5 Å². The first-order valence-electron chi connectivity index (χ1n) is 8.21. The standard InChI is InChI=1S/C20H23NO.ClH/c1-21-12-11-18-16-5-3-4-6-17(16)19(13-20(18)21)14-7-9-15(22-2)10-8-14;/h3-10,18-20H,11-13H2,1-2H3;1H/t18-,19-,20-;/m1./s1. The van der Waals surface area contributed by atoms with Crippen LogP contribution < -0.4 is 4.74 Å². The third kappa shape index (κ3) is 2.75. The topological polar surface area (TPSA) is 12.5 Å². The minimum atomic E-state index is 0. The van der Waals surface area contributed by atoms with Crippen LogP contribution in [0.25, 0.3) is 0 Å². The highest BCUT2D eigenvalue weighted by Gasteiger charge is 2.40. The molecule has 1 fully saturated rings. The van der Waals surface area contributed by atoms with Gasteiger partial charge >= 0.3 is 0 Å². The molecule has 0 amide bonds. The van der Waals surface area contributed by atoms with E-state index >= 15 is 0 Å². The Morgan fingerprint density at radius 2 is 1.70 bits per heavy atom. The monoisotopic (exact) mass is 329 g/mol. The summed E-state index contributed by atoms with van der Waals surface area (Å²) < 4.78 is 5.30. The van der Waals surface area contributed by atoms with Gasteiger partial charge in [-0.25, -0.2) is 0 Å². The fourth-order valence-electron chi connectivity index (χ4n) is 4.40. The van der Waals surface area contributed by atoms with Gasteiger partial charge in [-0.3, -0.25) is 0 Å². The van der Waals surface area contributed by atoms with Gasteiger partial charge in [-0.15, -0.1) is 12.4 Å². The van der Waals surface area contributed by atoms with Gasteiger partial charge < -0.3 is 9.64 Å². The molecule has 2 nitrogen and oxygen atoms in total. The van der Waals surface area contributed by atoms with Gasteiger partial charge in [-0.05, 0) is 55.3 Å². The van der Waals surface area contributed by atoms with E-state index in [-0.39, 0.29) is 12.4 Å². The minimum Gasteiger partial charge on any atom is -0.497 e. The molecule has 0 saturated carbocycles. The molecule has 2 aliphatic rings. The average molecular weight is 330 g/mol. The highest BCUT2D eigenvalue weighted by Crippen LogP contribution is 2.47. The van der Waals surface area contributed by atoms with Crippen molar-refractivity contribution in [3.05, 3.63) is 65.2 Å². The second-order valence-electron chi connectivity index (χ2n) is 6.63. The van der Waals surface area contributed by atoms with Crippen LogP contribution in [0.5, 0.6) is 5.75 Å². The first-order chi connectivity index (χ1) is 10.8. The van der Waals surface area contributed by atoms with Crippen LogP contribution in [0.2, 0.25) is 0 Å². The van der Waals surface area contributed by atoms with Crippen LogP contribution in [-0.4, -0.2) is 31.6 Å². The SMILES string of the molecule is COc1ccc([C@H]2C[C@@H]3[C@H](CCN3C)c3ccccc32)cc1.Cl. The molecule has 3 heteroatoms. The summed E-state index contributed by atoms with van der Waals surface area (Å²) in [6, 6.07) is 18.4. The molecule has 0 unspecified atom stereocenters. The summed E-state index contributed by atoms with van der Waals surface area (Å²) >= 11 is 0. The largest absolute Gasteiger partial charge is 0.497 e. The summed E-state index contributed by atoms with van der Waals surface area (Å²) in [5, 5.41) is 0. The van der Waals surface area contributed by atoms with Gasteiger partial charge in [-0.2, -0.15) is 0 Å². The maximum Gasteiger partial charge on any atom is 0.118 e. The van der Waals surface area contributed by atoms with Gasteiger partial charge in [0.25, 0.3) is 0 Å². The molecule has 0 bridgehead atoms. The van der Waals surface area contributed by atoms with Crippen LogP contribution in [0.15, 0.2) is 48.5 Å². The van der Waals surface area contributed by atoms with E-state index in [9.17, 15) is 0 Å². The van der Waals surface area contributed by atoms with E-state index in [4.69, 9.17) is 4.74 Å². The number of likely N-dealkylation sites (tertiary alicyclic amines) is 1. The Morgan fingerprint density at radius 3 is 2.39 bits per heavy atom. The maximum atomic E-state index is 5.30. The summed E-state index contributed by atoms with van der Waals surface area (Å²) in [4.78, 5) is 2.55. The van der Waals surface area contributed by atoms with Crippen molar-refractivity contribution >= 4 is 12.4 Å². The van der Waals surface area contributed by atoms with Gasteiger partial charge in [0.05, 0.1) is 7.11 Å². The number of halogens is 1. The van der Waals surface area contributed by atoms with E-state index in [0.29, 0.717) is 12.0 Å². The maximum absolute atomic E-state index is 5.30. The lowest BCUT2D eigenvalue weighted by atomic mass is 9.71. The molecule has 2 aromatic carbocycles. The van der Waals surface area contributed by atoms with Crippen LogP contribution in [0.4, 0.5) is 0 Å². The van der Waals surface area contributed by atoms with Gasteiger partial charge in [0, 0.05) is 17.9 Å². The van der Waals surface area contributed by atoms with Gasteiger partial charge in [-0.1, -0.05) is 36.4 Å². The molecule has 23 heavy (non-hydrogen) atoms. The number of ether oxygens (including phenoxy) is 1. The Balaban J connectivity index is 0.00000156. The van der Waals surface area contributed by atoms with E-state index in [1.165, 1.54) is 30.5 Å². The molecule has 0 spiro atoms. The van der Waals surface area contributed by atoms with Crippen LogP contribution in [-0.2, 0) is 0 Å². The molecule has 0 N–H and O–H groups in total. The van der Waals surface area contributed by atoms with Crippen LogP contribution in [0, 0.1) is 0 Å². The third-order valence-corrected chi connectivity index (χ3v) is 5.59. The summed E-state index contributed by atoms with van der Waals surface area (Å²) in [5.41, 5.74) is 4.51. The van der Waals surface area contributed by atoms with Crippen LogP contribution in [0.3, 0.4) is 0 Å². The first-order valence-corrected chi connectivity index (χ1v) is 8.21. The third-order valence-electron chi connectivity index (χ3n) is 5.59. The van der Waals surface area contributed by atoms with Gasteiger partial charge in [0.1, 0.15) is 5.75 Å². The van der Waals surface area contributed by atoms with Crippen molar-refractivity contribution in [1.29, 1.82) is 0 Å². The quantitative estimate of drug-likeness (QED) is 0.807. The van der Waals surface area contributed by atoms with Gasteiger partial charge in [0.15, 0.2) is 0 Å². The molecule has 1 aliphatic heterocycles. The molecular weight excluding hydrogens is 306 g/mol. The average Bonchev–Trinajstić information content (AvgIpc) is 2.96. The number of hydrogen-bond acceptors (Lipinski definition) is 2. The Morgan fingerprint density at radius 1 is 1.00 bits per heavy atom. The van der Waals surface area contributed by atoms with Crippen molar-refractivity contribution in [2.24, 2.45) is 0 Å². The lowest BCUT2D eigenvalue weighted by molar-refractivity contribution is 0.265. The van der Waals surface area contributed by atoms with E-state index in [0.717, 1.165) is 11.7 Å². The Hall–Kier alpha value is -1.51. The molecule has 2 aromatic rings. The number of fused-ring (bicyclic) bond motifs is 3. The molecule has 1 heterocycles. The predicted molar refractivity (Wildman–Crippen MR) is 96.9 cm³/mol. The molecule has 1 aliphatic carbocycles. The zero-order valence-corrected chi connectivity index (χ0v) is 14.6. The number of likely N-dealkylation sites (N-methyl/N-ethyl adjacent to an activating group) is 1. The second kappa shape index (κ2) is 6.54. The molecule has 4 rings (SSSR count). The summed E-state index contributed by atoms with van der Waals surface area (Å²) in [6.07, 6.45) is 2.53. The number of nitrogens with zero attached hydrogens (tertiary/aromatic N) is 1. The van der Waals surface area contributed by atoms with Crippen molar-refractivity contribution in [3.63, 3.8) is 0 Å². The molecule has 0 radical (unpaired) electrons. The minimum absolute atomic E-state index is 0. The molecular formula is C20H24ClNO. The van der Waals surface area contributed by atoms with Crippen molar-refractivity contribution in [2.45, 2.75) is 30.7 Å². The number of benzene rings is 2. The van der Waals surface area contributed by atoms with Crippen molar-refractivity contribution < 1.29 is 4.74 Å². The smallest absolute Gasteiger partial charge is 0.118 e. The normalized spacial score (nSPS) is 26.1. The molecule has 3 atom stereocenters. The van der Waals surface area contributed by atoms with E-state index < -0.39 is 0 Å². The highest BCUT2D eigenvalue weighted by molar-refractivity contribution is 5.85. The number of methoxy groups -OCH3 is 1. The fourth-order valence-corrected chi connectivity index (χ4v) is 4.40. The zero-order valence-electron chi connectivity index (χ0n) is 13.7.